The second-order valence-electron chi connectivity index (χ2n) is 4.52. The normalized spacial score (nSPS) is 11.5. The Balaban J connectivity index is 2.27. The molecule has 0 amide bonds. The van der Waals surface area contributed by atoms with Crippen molar-refractivity contribution in [2.45, 2.75) is 12.7 Å². The molecule has 0 spiro atoms. The second-order valence-corrected chi connectivity index (χ2v) is 5.34. The first-order valence-electron chi connectivity index (χ1n) is 5.96. The molecule has 0 radical (unpaired) electrons. The topological polar surface area (TPSA) is 16.1 Å². The molecule has 0 unspecified atom stereocenters. The van der Waals surface area contributed by atoms with Crippen LogP contribution in [0.4, 0.5) is 19.0 Å². The summed E-state index contributed by atoms with van der Waals surface area (Å²) in [5, 5.41) is 0.369. The van der Waals surface area contributed by atoms with Gasteiger partial charge in [-0.1, -0.05) is 35.3 Å². The zero-order valence-electron chi connectivity index (χ0n) is 11.0. The molecule has 2 nitrogen and oxygen atoms in total. The van der Waals surface area contributed by atoms with Gasteiger partial charge in [0.2, 0.25) is 0 Å². The van der Waals surface area contributed by atoms with Gasteiger partial charge in [-0.05, 0) is 29.8 Å². The van der Waals surface area contributed by atoms with Crippen LogP contribution in [0.15, 0.2) is 36.4 Å². The first-order chi connectivity index (χ1) is 9.75. The molecule has 0 bridgehead atoms. The van der Waals surface area contributed by atoms with Crippen molar-refractivity contribution in [1.29, 1.82) is 0 Å². The van der Waals surface area contributed by atoms with E-state index in [1.165, 1.54) is 0 Å². The minimum atomic E-state index is -4.46. The van der Waals surface area contributed by atoms with Gasteiger partial charge < -0.3 is 4.90 Å². The number of nitrogens with zero attached hydrogens (tertiary/aromatic N) is 2. The minimum absolute atomic E-state index is 0.148. The highest BCUT2D eigenvalue weighted by Crippen LogP contribution is 2.32. The molecular weight excluding hydrogens is 324 g/mol. The summed E-state index contributed by atoms with van der Waals surface area (Å²) < 4.78 is 38.3. The van der Waals surface area contributed by atoms with Crippen LogP contribution in [0.1, 0.15) is 11.1 Å². The lowest BCUT2D eigenvalue weighted by Crippen LogP contribution is -2.19. The van der Waals surface area contributed by atoms with Crippen LogP contribution in [-0.2, 0) is 12.7 Å². The van der Waals surface area contributed by atoms with Crippen molar-refractivity contribution in [3.8, 4) is 0 Å². The van der Waals surface area contributed by atoms with Crippen LogP contribution in [0.2, 0.25) is 10.2 Å². The maximum absolute atomic E-state index is 12.8. The Morgan fingerprint density at radius 2 is 1.86 bits per heavy atom. The third-order valence-corrected chi connectivity index (χ3v) is 3.24. The number of halogens is 5. The van der Waals surface area contributed by atoms with Crippen molar-refractivity contribution in [3.63, 3.8) is 0 Å². The fourth-order valence-corrected chi connectivity index (χ4v) is 2.25. The highest BCUT2D eigenvalue weighted by atomic mass is 35.5. The SMILES string of the molecule is CN(Cc1cccc(Cl)c1)c1cc(C(F)(F)F)cc(Cl)n1. The molecule has 21 heavy (non-hydrogen) atoms. The number of anilines is 1. The van der Waals surface area contributed by atoms with Gasteiger partial charge in [0.1, 0.15) is 11.0 Å². The molecule has 2 aromatic rings. The van der Waals surface area contributed by atoms with E-state index in [-0.39, 0.29) is 11.0 Å². The molecule has 0 atom stereocenters. The third kappa shape index (κ3) is 4.25. The maximum atomic E-state index is 12.8. The third-order valence-electron chi connectivity index (χ3n) is 2.81. The second kappa shape index (κ2) is 6.12. The van der Waals surface area contributed by atoms with E-state index in [9.17, 15) is 13.2 Å². The van der Waals surface area contributed by atoms with Gasteiger partial charge in [0.25, 0.3) is 0 Å². The van der Waals surface area contributed by atoms with Crippen molar-refractivity contribution in [2.75, 3.05) is 11.9 Å². The summed E-state index contributed by atoms with van der Waals surface area (Å²) >= 11 is 11.6. The van der Waals surface area contributed by atoms with Gasteiger partial charge in [0.15, 0.2) is 0 Å². The lowest BCUT2D eigenvalue weighted by molar-refractivity contribution is -0.137. The van der Waals surface area contributed by atoms with Crippen molar-refractivity contribution in [3.05, 3.63) is 57.7 Å². The number of alkyl halides is 3. The number of hydrogen-bond donors (Lipinski definition) is 0. The Kier molecular flexibility index (Phi) is 4.64. The fourth-order valence-electron chi connectivity index (χ4n) is 1.83. The van der Waals surface area contributed by atoms with Crippen LogP contribution in [0.25, 0.3) is 0 Å². The highest BCUT2D eigenvalue weighted by molar-refractivity contribution is 6.30. The van der Waals surface area contributed by atoms with E-state index >= 15 is 0 Å². The molecule has 0 aliphatic carbocycles. The smallest absolute Gasteiger partial charge is 0.355 e. The summed E-state index contributed by atoms with van der Waals surface area (Å²) in [6.07, 6.45) is -4.46. The van der Waals surface area contributed by atoms with E-state index in [1.807, 2.05) is 6.07 Å². The molecule has 7 heteroatoms. The number of benzene rings is 1. The van der Waals surface area contributed by atoms with Gasteiger partial charge in [-0.15, -0.1) is 0 Å². The van der Waals surface area contributed by atoms with E-state index in [1.54, 1.807) is 30.1 Å². The molecule has 0 aliphatic heterocycles. The molecule has 2 rings (SSSR count). The van der Waals surface area contributed by atoms with E-state index in [0.29, 0.717) is 11.6 Å². The predicted molar refractivity (Wildman–Crippen MR) is 77.8 cm³/mol. The van der Waals surface area contributed by atoms with Crippen molar-refractivity contribution in [1.82, 2.24) is 4.98 Å². The summed E-state index contributed by atoms with van der Waals surface area (Å²) in [5.41, 5.74) is 0.0378. The van der Waals surface area contributed by atoms with Crippen LogP contribution >= 0.6 is 23.2 Å². The van der Waals surface area contributed by atoms with Gasteiger partial charge in [-0.2, -0.15) is 13.2 Å². The largest absolute Gasteiger partial charge is 0.416 e. The Hall–Kier alpha value is -1.46. The zero-order chi connectivity index (χ0) is 15.6. The molecule has 0 saturated heterocycles. The van der Waals surface area contributed by atoms with Crippen molar-refractivity contribution < 1.29 is 13.2 Å². The fraction of sp³-hybridized carbons (Fsp3) is 0.214. The summed E-state index contributed by atoms with van der Waals surface area (Å²) in [7, 11) is 1.64. The number of pyridine rings is 1. The van der Waals surface area contributed by atoms with Gasteiger partial charge in [0.05, 0.1) is 5.56 Å². The average molecular weight is 335 g/mol. The molecular formula is C14H11Cl2F3N2. The zero-order valence-corrected chi connectivity index (χ0v) is 12.5. The van der Waals surface area contributed by atoms with Gasteiger partial charge in [0, 0.05) is 18.6 Å². The number of hydrogen-bond acceptors (Lipinski definition) is 2. The van der Waals surface area contributed by atoms with Crippen molar-refractivity contribution >= 4 is 29.0 Å². The lowest BCUT2D eigenvalue weighted by atomic mass is 10.2. The number of aromatic nitrogens is 1. The van der Waals surface area contributed by atoms with Crippen LogP contribution in [-0.4, -0.2) is 12.0 Å². The van der Waals surface area contributed by atoms with Crippen LogP contribution in [0.3, 0.4) is 0 Å². The monoisotopic (exact) mass is 334 g/mol. The first-order valence-corrected chi connectivity index (χ1v) is 6.71. The summed E-state index contributed by atoms with van der Waals surface area (Å²) in [4.78, 5) is 5.50. The Morgan fingerprint density at radius 3 is 2.48 bits per heavy atom. The van der Waals surface area contributed by atoms with Crippen LogP contribution < -0.4 is 4.90 Å². The van der Waals surface area contributed by atoms with Crippen molar-refractivity contribution in [2.24, 2.45) is 0 Å². The molecule has 112 valence electrons. The van der Waals surface area contributed by atoms with E-state index in [2.05, 4.69) is 4.98 Å². The first kappa shape index (κ1) is 15.9. The Bertz CT molecular complexity index is 644. The number of rotatable bonds is 3. The summed E-state index contributed by atoms with van der Waals surface area (Å²) in [5.74, 6) is 0.148. The van der Waals surface area contributed by atoms with E-state index in [0.717, 1.165) is 17.7 Å². The Morgan fingerprint density at radius 1 is 1.14 bits per heavy atom. The molecule has 0 N–H and O–H groups in total. The average Bonchev–Trinajstić information content (AvgIpc) is 2.37. The summed E-state index contributed by atoms with van der Waals surface area (Å²) in [6.45, 7) is 0.366. The summed E-state index contributed by atoms with van der Waals surface area (Å²) in [6, 6.07) is 8.85. The Labute approximate surface area is 130 Å². The predicted octanol–water partition coefficient (Wildman–Crippen LogP) is 5.04. The van der Waals surface area contributed by atoms with E-state index < -0.39 is 11.7 Å². The molecule has 1 heterocycles. The minimum Gasteiger partial charge on any atom is -0.355 e. The maximum Gasteiger partial charge on any atom is 0.416 e. The molecule has 1 aromatic heterocycles. The van der Waals surface area contributed by atoms with Crippen LogP contribution in [0, 0.1) is 0 Å². The highest BCUT2D eigenvalue weighted by Gasteiger charge is 2.31. The van der Waals surface area contributed by atoms with Gasteiger partial charge in [-0.3, -0.25) is 0 Å². The van der Waals surface area contributed by atoms with Gasteiger partial charge in [-0.25, -0.2) is 4.98 Å². The van der Waals surface area contributed by atoms with E-state index in [4.69, 9.17) is 23.2 Å². The van der Waals surface area contributed by atoms with Gasteiger partial charge >= 0.3 is 6.18 Å². The standard InChI is InChI=1S/C14H11Cl2F3N2/c1-21(8-9-3-2-4-11(15)5-9)13-7-10(14(17,18)19)6-12(16)20-13/h2-7H,8H2,1H3. The molecule has 1 aromatic carbocycles. The molecule has 0 fully saturated rings. The quantitative estimate of drug-likeness (QED) is 0.730. The molecule has 0 aliphatic rings. The molecule has 0 saturated carbocycles. The lowest BCUT2D eigenvalue weighted by Gasteiger charge is -2.20. The van der Waals surface area contributed by atoms with Crippen LogP contribution in [0.5, 0.6) is 0 Å².